The van der Waals surface area contributed by atoms with Crippen molar-refractivity contribution in [3.63, 3.8) is 0 Å². The van der Waals surface area contributed by atoms with Crippen molar-refractivity contribution in [3.05, 3.63) is 41.0 Å². The van der Waals surface area contributed by atoms with Crippen LogP contribution in [-0.2, 0) is 11.0 Å². The molecule has 18 heteroatoms. The fraction of sp³-hybridized carbons (Fsp3) is 0.486. The zero-order chi connectivity index (χ0) is 38.2. The van der Waals surface area contributed by atoms with Gasteiger partial charge in [0.1, 0.15) is 41.0 Å². The second-order valence-electron chi connectivity index (χ2n) is 13.8. The number of benzene rings is 2. The lowest BCUT2D eigenvalue weighted by atomic mass is 9.92. The highest BCUT2D eigenvalue weighted by molar-refractivity contribution is 7.23. The Morgan fingerprint density at radius 2 is 1.94 bits per heavy atom. The van der Waals surface area contributed by atoms with Crippen molar-refractivity contribution in [2.24, 2.45) is 0 Å². The average molecular weight is 768 g/mol. The Morgan fingerprint density at radius 1 is 1.19 bits per heavy atom. The Hall–Kier alpha value is -4.50. The number of amides is 1. The third kappa shape index (κ3) is 6.24. The first-order chi connectivity index (χ1) is 25.0. The molecule has 3 fully saturated rings. The molecule has 1 amide bonds. The third-order valence-electron chi connectivity index (χ3n) is 10.5. The van der Waals surface area contributed by atoms with Gasteiger partial charge in [-0.1, -0.05) is 6.07 Å². The van der Waals surface area contributed by atoms with Gasteiger partial charge in [0.15, 0.2) is 5.82 Å². The number of carbonyl (C=O) groups excluding carboxylic acids is 1. The van der Waals surface area contributed by atoms with Crippen LogP contribution in [0.3, 0.4) is 0 Å². The van der Waals surface area contributed by atoms with E-state index in [0.29, 0.717) is 37.3 Å². The van der Waals surface area contributed by atoms with Gasteiger partial charge in [0.2, 0.25) is 0 Å². The highest BCUT2D eigenvalue weighted by Gasteiger charge is 2.50. The van der Waals surface area contributed by atoms with Crippen molar-refractivity contribution < 1.29 is 44.7 Å². The van der Waals surface area contributed by atoms with E-state index in [1.165, 1.54) is 4.90 Å². The lowest BCUT2D eigenvalue weighted by Gasteiger charge is -2.32. The number of likely N-dealkylation sites (N-methyl/N-ethyl adjacent to an activating group) is 1. The van der Waals surface area contributed by atoms with Crippen molar-refractivity contribution in [2.75, 3.05) is 50.0 Å². The van der Waals surface area contributed by atoms with Crippen molar-refractivity contribution in [1.29, 1.82) is 5.26 Å². The van der Waals surface area contributed by atoms with Gasteiger partial charge < -0.3 is 20.3 Å². The number of rotatable bonds is 8. The van der Waals surface area contributed by atoms with Gasteiger partial charge in [-0.3, -0.25) is 9.69 Å². The van der Waals surface area contributed by atoms with Crippen LogP contribution in [0.4, 0.5) is 45.9 Å². The Kier molecular flexibility index (Phi) is 9.12. The predicted molar refractivity (Wildman–Crippen MR) is 182 cm³/mol. The maximum atomic E-state index is 17.2. The number of likely N-dealkylation sites (tertiary alicyclic amines) is 1. The van der Waals surface area contributed by atoms with Crippen LogP contribution in [0, 0.1) is 23.0 Å². The summed E-state index contributed by atoms with van der Waals surface area (Å²) in [7, 11) is 0. The lowest BCUT2D eigenvalue weighted by molar-refractivity contribution is -0.153. The van der Waals surface area contributed by atoms with Gasteiger partial charge in [0.05, 0.1) is 21.4 Å². The Balaban J connectivity index is 1.44. The number of nitriles is 1. The fourth-order valence-electron chi connectivity index (χ4n) is 8.16. The summed E-state index contributed by atoms with van der Waals surface area (Å²) in [5, 5.41) is 8.96. The molecule has 5 heterocycles. The van der Waals surface area contributed by atoms with E-state index in [1.807, 2.05) is 4.90 Å². The number of fused-ring (bicyclic) bond motifs is 3. The van der Waals surface area contributed by atoms with Crippen LogP contribution in [0.15, 0.2) is 18.2 Å². The number of thiophene rings is 1. The van der Waals surface area contributed by atoms with Crippen LogP contribution in [0.25, 0.3) is 32.1 Å². The number of alkyl halides is 6. The van der Waals surface area contributed by atoms with Crippen molar-refractivity contribution in [1.82, 2.24) is 19.8 Å². The Morgan fingerprint density at radius 3 is 2.62 bits per heavy atom. The first-order valence-electron chi connectivity index (χ1n) is 17.0. The molecule has 4 aromatic rings. The van der Waals surface area contributed by atoms with Crippen LogP contribution in [0.5, 0.6) is 6.01 Å². The zero-order valence-corrected chi connectivity index (χ0v) is 29.3. The van der Waals surface area contributed by atoms with E-state index in [9.17, 15) is 27.6 Å². The standard InChI is InChI=1S/C35H33F8N7O2S/c1-3-50(18-7-10-48(15-18)31(51)33(2,39)40)30-20-11-22(35(41,42)43)25(19-5-6-23(37)28-24(19)21(13-44)29(45)53-28)26(38)27(20)46-32(47-30)52-16-34-8-4-9-49(34)14-17(36)12-34/h5-6,11,17-18H,3-4,7-10,12,14-16,45H2,1-2H3. The summed E-state index contributed by atoms with van der Waals surface area (Å²) in [6.07, 6.45) is -4.63. The first kappa shape index (κ1) is 36.8. The molecule has 3 aliphatic heterocycles. The van der Waals surface area contributed by atoms with Crippen LogP contribution < -0.4 is 15.4 Å². The first-order valence-corrected chi connectivity index (χ1v) is 17.8. The minimum atomic E-state index is -5.21. The van der Waals surface area contributed by atoms with E-state index in [2.05, 4.69) is 9.97 Å². The van der Waals surface area contributed by atoms with E-state index in [0.717, 1.165) is 23.5 Å². The molecule has 0 saturated carbocycles. The summed E-state index contributed by atoms with van der Waals surface area (Å²) in [6, 6.07) is 3.10. The molecule has 3 aliphatic rings. The number of nitrogen functional groups attached to an aromatic ring is 1. The normalized spacial score (nSPS) is 22.2. The van der Waals surface area contributed by atoms with Crippen molar-refractivity contribution >= 4 is 49.1 Å². The van der Waals surface area contributed by atoms with Crippen LogP contribution in [0.1, 0.15) is 50.7 Å². The number of ether oxygens (including phenoxy) is 1. The zero-order valence-electron chi connectivity index (χ0n) is 28.5. The molecule has 3 atom stereocenters. The SMILES string of the molecule is CCN(c1nc(OCC23CCCN2CC(F)C3)nc2c(F)c(-c3ccc(F)c4sc(N)c(C#N)c34)c(C(F)(F)F)cc12)C1CCN(C(=O)C(C)(F)F)C1. The maximum absolute atomic E-state index is 17.2. The molecule has 2 aromatic heterocycles. The van der Waals surface area contributed by atoms with Gasteiger partial charge >= 0.3 is 18.1 Å². The monoisotopic (exact) mass is 767 g/mol. The molecule has 3 saturated heterocycles. The number of hydrogen-bond acceptors (Lipinski definition) is 9. The quantitative estimate of drug-likeness (QED) is 0.186. The summed E-state index contributed by atoms with van der Waals surface area (Å²) in [5.41, 5.74) is 1.38. The van der Waals surface area contributed by atoms with Gasteiger partial charge in [-0.05, 0) is 50.4 Å². The van der Waals surface area contributed by atoms with Crippen LogP contribution in [-0.4, -0.2) is 88.7 Å². The number of hydrogen-bond donors (Lipinski definition) is 1. The van der Waals surface area contributed by atoms with E-state index in [4.69, 9.17) is 10.5 Å². The molecule has 53 heavy (non-hydrogen) atoms. The summed E-state index contributed by atoms with van der Waals surface area (Å²) >= 11 is 0.635. The topological polar surface area (TPSA) is 112 Å². The number of nitrogens with two attached hydrogens (primary N) is 1. The van der Waals surface area contributed by atoms with E-state index < -0.39 is 81.0 Å². The molecule has 7 rings (SSSR count). The minimum absolute atomic E-state index is 0.0467. The number of halogens is 8. The number of aromatic nitrogens is 2. The molecule has 0 spiro atoms. The molecule has 282 valence electrons. The Labute approximate surface area is 301 Å². The number of anilines is 2. The van der Waals surface area contributed by atoms with Gasteiger partial charge in [0, 0.05) is 61.9 Å². The molecule has 3 unspecified atom stereocenters. The van der Waals surface area contributed by atoms with Crippen LogP contribution in [0.2, 0.25) is 0 Å². The average Bonchev–Trinajstić information content (AvgIpc) is 3.86. The lowest BCUT2D eigenvalue weighted by Crippen LogP contribution is -2.44. The van der Waals surface area contributed by atoms with E-state index in [-0.39, 0.29) is 72.1 Å². The van der Waals surface area contributed by atoms with Gasteiger partial charge in [-0.25, -0.2) is 13.2 Å². The highest BCUT2D eigenvalue weighted by Crippen LogP contribution is 2.48. The van der Waals surface area contributed by atoms with E-state index >= 15 is 17.6 Å². The second kappa shape index (κ2) is 13.1. The molecule has 0 aliphatic carbocycles. The smallest absolute Gasteiger partial charge is 0.417 e. The summed E-state index contributed by atoms with van der Waals surface area (Å²) in [6.45, 7) is 2.60. The van der Waals surface area contributed by atoms with Crippen molar-refractivity contribution in [3.8, 4) is 23.2 Å². The molecule has 0 bridgehead atoms. The number of carbonyl (C=O) groups is 1. The second-order valence-corrected chi connectivity index (χ2v) is 14.9. The molecule has 2 aromatic carbocycles. The predicted octanol–water partition coefficient (Wildman–Crippen LogP) is 7.30. The summed E-state index contributed by atoms with van der Waals surface area (Å²) in [4.78, 5) is 25.6. The largest absolute Gasteiger partial charge is 0.461 e. The minimum Gasteiger partial charge on any atom is -0.461 e. The molecule has 2 N–H and O–H groups in total. The van der Waals surface area contributed by atoms with Crippen molar-refractivity contribution in [2.45, 2.75) is 69.4 Å². The molecule has 9 nitrogen and oxygen atoms in total. The molecule has 0 radical (unpaired) electrons. The summed E-state index contributed by atoms with van der Waals surface area (Å²) in [5.74, 6) is -7.62. The van der Waals surface area contributed by atoms with Gasteiger partial charge in [-0.15, -0.1) is 11.3 Å². The van der Waals surface area contributed by atoms with E-state index in [1.54, 1.807) is 13.0 Å². The maximum Gasteiger partial charge on any atom is 0.417 e. The third-order valence-corrected chi connectivity index (χ3v) is 11.5. The highest BCUT2D eigenvalue weighted by atomic mass is 32.1. The molecular weight excluding hydrogens is 734 g/mol. The molecular formula is C35H33F8N7O2S. The van der Waals surface area contributed by atoms with Gasteiger partial charge in [0.25, 0.3) is 5.91 Å². The van der Waals surface area contributed by atoms with Gasteiger partial charge in [-0.2, -0.15) is 37.2 Å². The Bertz CT molecular complexity index is 2170. The fourth-order valence-corrected chi connectivity index (χ4v) is 9.11. The number of nitrogens with zero attached hydrogens (tertiary/aromatic N) is 6. The van der Waals surface area contributed by atoms with Crippen LogP contribution >= 0.6 is 11.3 Å². The summed E-state index contributed by atoms with van der Waals surface area (Å²) < 4.78 is 126.